The first-order chi connectivity index (χ1) is 10.7. The van der Waals surface area contributed by atoms with E-state index in [1.807, 2.05) is 16.9 Å². The lowest BCUT2D eigenvalue weighted by Gasteiger charge is -2.16. The summed E-state index contributed by atoms with van der Waals surface area (Å²) in [6.07, 6.45) is 4.98. The molecule has 0 unspecified atom stereocenters. The minimum atomic E-state index is 0.252. The van der Waals surface area contributed by atoms with Crippen LogP contribution in [0.4, 0.5) is 0 Å². The summed E-state index contributed by atoms with van der Waals surface area (Å²) in [5, 5.41) is 7.75. The summed E-state index contributed by atoms with van der Waals surface area (Å²) >= 11 is 0. The van der Waals surface area contributed by atoms with Crippen molar-refractivity contribution in [2.75, 3.05) is 7.11 Å². The summed E-state index contributed by atoms with van der Waals surface area (Å²) in [4.78, 5) is 0. The fourth-order valence-electron chi connectivity index (χ4n) is 2.85. The SMILES string of the molecule is COc1cc2c(cc1CN[C@@H](C)Cn1cccn1)O[C@H](C)C2. The Morgan fingerprint density at radius 1 is 1.50 bits per heavy atom. The van der Waals surface area contributed by atoms with E-state index in [2.05, 4.69) is 36.4 Å². The predicted octanol–water partition coefficient (Wildman–Crippen LogP) is 2.39. The lowest BCUT2D eigenvalue weighted by Crippen LogP contribution is -2.30. The van der Waals surface area contributed by atoms with Crippen LogP contribution in [0, 0.1) is 0 Å². The van der Waals surface area contributed by atoms with Gasteiger partial charge in [-0.15, -0.1) is 0 Å². The van der Waals surface area contributed by atoms with Crippen LogP contribution >= 0.6 is 0 Å². The van der Waals surface area contributed by atoms with Gasteiger partial charge >= 0.3 is 0 Å². The van der Waals surface area contributed by atoms with E-state index in [4.69, 9.17) is 9.47 Å². The molecule has 1 aromatic carbocycles. The topological polar surface area (TPSA) is 48.3 Å². The second-order valence-electron chi connectivity index (χ2n) is 5.91. The molecule has 1 aliphatic heterocycles. The molecule has 118 valence electrons. The summed E-state index contributed by atoms with van der Waals surface area (Å²) in [5.41, 5.74) is 2.36. The zero-order chi connectivity index (χ0) is 15.5. The lowest BCUT2D eigenvalue weighted by atomic mass is 10.1. The first kappa shape index (κ1) is 14.9. The number of hydrogen-bond acceptors (Lipinski definition) is 4. The van der Waals surface area contributed by atoms with Gasteiger partial charge in [0.15, 0.2) is 0 Å². The van der Waals surface area contributed by atoms with Crippen LogP contribution in [0.25, 0.3) is 0 Å². The van der Waals surface area contributed by atoms with Crippen molar-refractivity contribution in [2.24, 2.45) is 0 Å². The molecule has 1 N–H and O–H groups in total. The number of aromatic nitrogens is 2. The molecule has 0 fully saturated rings. The third kappa shape index (κ3) is 3.25. The molecule has 0 saturated heterocycles. The molecule has 0 aliphatic carbocycles. The molecule has 1 aliphatic rings. The van der Waals surface area contributed by atoms with Crippen molar-refractivity contribution in [3.8, 4) is 11.5 Å². The number of fused-ring (bicyclic) bond motifs is 1. The molecule has 2 atom stereocenters. The highest BCUT2D eigenvalue weighted by Crippen LogP contribution is 2.34. The summed E-state index contributed by atoms with van der Waals surface area (Å²) in [6.45, 7) is 5.83. The fraction of sp³-hybridized carbons (Fsp3) is 0.471. The van der Waals surface area contributed by atoms with Gasteiger partial charge in [-0.1, -0.05) is 0 Å². The van der Waals surface area contributed by atoms with Crippen LogP contribution in [0.2, 0.25) is 0 Å². The van der Waals surface area contributed by atoms with E-state index >= 15 is 0 Å². The largest absolute Gasteiger partial charge is 0.496 e. The monoisotopic (exact) mass is 301 g/mol. The Bertz CT molecular complexity index is 625. The molecule has 3 rings (SSSR count). The molecule has 2 heterocycles. The predicted molar refractivity (Wildman–Crippen MR) is 85.3 cm³/mol. The molecular formula is C17H23N3O2. The van der Waals surface area contributed by atoms with Gasteiger partial charge in [0.1, 0.15) is 17.6 Å². The van der Waals surface area contributed by atoms with Crippen molar-refractivity contribution in [1.29, 1.82) is 0 Å². The molecule has 0 amide bonds. The number of benzene rings is 1. The van der Waals surface area contributed by atoms with E-state index in [0.29, 0.717) is 6.04 Å². The van der Waals surface area contributed by atoms with Crippen molar-refractivity contribution < 1.29 is 9.47 Å². The van der Waals surface area contributed by atoms with E-state index < -0.39 is 0 Å². The number of rotatable bonds is 6. The smallest absolute Gasteiger partial charge is 0.123 e. The van der Waals surface area contributed by atoms with E-state index in [9.17, 15) is 0 Å². The van der Waals surface area contributed by atoms with Crippen LogP contribution in [-0.2, 0) is 19.5 Å². The first-order valence-electron chi connectivity index (χ1n) is 7.73. The Labute approximate surface area is 131 Å². The molecule has 0 radical (unpaired) electrons. The van der Waals surface area contributed by atoms with Gasteiger partial charge in [0.25, 0.3) is 0 Å². The minimum absolute atomic E-state index is 0.252. The van der Waals surface area contributed by atoms with Crippen molar-refractivity contribution >= 4 is 0 Å². The van der Waals surface area contributed by atoms with Gasteiger partial charge in [-0.05, 0) is 32.0 Å². The van der Waals surface area contributed by atoms with Gasteiger partial charge in [0.2, 0.25) is 0 Å². The Morgan fingerprint density at radius 2 is 2.36 bits per heavy atom. The molecule has 0 bridgehead atoms. The van der Waals surface area contributed by atoms with Crippen LogP contribution in [0.1, 0.15) is 25.0 Å². The Balaban J connectivity index is 1.66. The van der Waals surface area contributed by atoms with Crippen molar-refractivity contribution in [3.63, 3.8) is 0 Å². The van der Waals surface area contributed by atoms with E-state index in [1.165, 1.54) is 5.56 Å². The van der Waals surface area contributed by atoms with Gasteiger partial charge in [-0.25, -0.2) is 0 Å². The van der Waals surface area contributed by atoms with E-state index in [0.717, 1.165) is 36.6 Å². The van der Waals surface area contributed by atoms with E-state index in [-0.39, 0.29) is 6.10 Å². The number of ether oxygens (including phenoxy) is 2. The van der Waals surface area contributed by atoms with Gasteiger partial charge in [0.05, 0.1) is 13.7 Å². The first-order valence-corrected chi connectivity index (χ1v) is 7.73. The third-order valence-electron chi connectivity index (χ3n) is 3.96. The van der Waals surface area contributed by atoms with Crippen molar-refractivity contribution in [2.45, 2.75) is 45.5 Å². The molecule has 2 aromatic rings. The minimum Gasteiger partial charge on any atom is -0.496 e. The second kappa shape index (κ2) is 6.40. The molecule has 1 aromatic heterocycles. The highest BCUT2D eigenvalue weighted by atomic mass is 16.5. The van der Waals surface area contributed by atoms with Crippen LogP contribution in [0.3, 0.4) is 0 Å². The molecule has 0 spiro atoms. The maximum Gasteiger partial charge on any atom is 0.123 e. The maximum atomic E-state index is 5.84. The average molecular weight is 301 g/mol. The Morgan fingerprint density at radius 3 is 3.09 bits per heavy atom. The molecule has 5 heteroatoms. The van der Waals surface area contributed by atoms with Crippen molar-refractivity contribution in [3.05, 3.63) is 41.7 Å². The maximum absolute atomic E-state index is 5.84. The van der Waals surface area contributed by atoms with Gasteiger partial charge in [-0.3, -0.25) is 4.68 Å². The van der Waals surface area contributed by atoms with Gasteiger partial charge in [0, 0.05) is 42.5 Å². The van der Waals surface area contributed by atoms with E-state index in [1.54, 1.807) is 13.3 Å². The van der Waals surface area contributed by atoms with Crippen LogP contribution < -0.4 is 14.8 Å². The van der Waals surface area contributed by atoms with Gasteiger partial charge in [-0.2, -0.15) is 5.10 Å². The number of nitrogens with zero attached hydrogens (tertiary/aromatic N) is 2. The summed E-state index contributed by atoms with van der Waals surface area (Å²) < 4.78 is 13.3. The number of nitrogens with one attached hydrogen (secondary N) is 1. The van der Waals surface area contributed by atoms with Gasteiger partial charge < -0.3 is 14.8 Å². The number of methoxy groups -OCH3 is 1. The zero-order valence-corrected chi connectivity index (χ0v) is 13.4. The van der Waals surface area contributed by atoms with Crippen LogP contribution in [-0.4, -0.2) is 29.0 Å². The summed E-state index contributed by atoms with van der Waals surface area (Å²) in [6, 6.07) is 6.46. The summed E-state index contributed by atoms with van der Waals surface area (Å²) in [7, 11) is 1.72. The van der Waals surface area contributed by atoms with Crippen LogP contribution in [0.15, 0.2) is 30.6 Å². The third-order valence-corrected chi connectivity index (χ3v) is 3.96. The molecule has 0 saturated carbocycles. The highest BCUT2D eigenvalue weighted by molar-refractivity contribution is 5.48. The van der Waals surface area contributed by atoms with Crippen LogP contribution in [0.5, 0.6) is 11.5 Å². The normalized spacial score (nSPS) is 17.9. The summed E-state index contributed by atoms with van der Waals surface area (Å²) in [5.74, 6) is 1.92. The zero-order valence-electron chi connectivity index (χ0n) is 13.4. The molecule has 22 heavy (non-hydrogen) atoms. The number of hydrogen-bond donors (Lipinski definition) is 1. The highest BCUT2D eigenvalue weighted by Gasteiger charge is 2.21. The Hall–Kier alpha value is -2.01. The molecule has 5 nitrogen and oxygen atoms in total. The van der Waals surface area contributed by atoms with Crippen molar-refractivity contribution in [1.82, 2.24) is 15.1 Å². The quantitative estimate of drug-likeness (QED) is 0.890. The lowest BCUT2D eigenvalue weighted by molar-refractivity contribution is 0.254. The Kier molecular flexibility index (Phi) is 4.34. The standard InChI is InChI=1S/C17H23N3O2/c1-12(11-20-6-4-5-19-20)18-10-15-9-17-14(7-13(2)22-17)8-16(15)21-3/h4-6,8-9,12-13,18H,7,10-11H2,1-3H3/t12-,13+/m0/s1. The average Bonchev–Trinajstić information content (AvgIpc) is 3.11. The second-order valence-corrected chi connectivity index (χ2v) is 5.91. The molecular weight excluding hydrogens is 278 g/mol. The fourth-order valence-corrected chi connectivity index (χ4v) is 2.85.